The summed E-state index contributed by atoms with van der Waals surface area (Å²) in [5.74, 6) is 0. The van der Waals surface area contributed by atoms with Crippen LogP contribution >= 0.6 is 11.6 Å². The molecule has 1 amide bonds. The van der Waals surface area contributed by atoms with Gasteiger partial charge in [-0.2, -0.15) is 0 Å². The van der Waals surface area contributed by atoms with E-state index in [0.717, 1.165) is 5.56 Å². The molecule has 0 aliphatic rings. The summed E-state index contributed by atoms with van der Waals surface area (Å²) in [6.07, 6.45) is 0. The molecule has 14 heavy (non-hydrogen) atoms. The summed E-state index contributed by atoms with van der Waals surface area (Å²) >= 11 is 5.05. The summed E-state index contributed by atoms with van der Waals surface area (Å²) in [4.78, 5) is 20.1. The first-order valence-corrected chi connectivity index (χ1v) is 4.14. The number of carbonyl (C=O) groups excluding carboxylic acids is 1. The zero-order valence-corrected chi connectivity index (χ0v) is 7.82. The lowest BCUT2D eigenvalue weighted by Gasteiger charge is -1.99. The third kappa shape index (κ3) is 3.02. The molecule has 0 saturated carbocycles. The molecule has 0 aliphatic heterocycles. The van der Waals surface area contributed by atoms with Gasteiger partial charge in [-0.15, -0.1) is 0 Å². The topological polar surface area (TPSA) is 72.2 Å². The van der Waals surface area contributed by atoms with Crippen LogP contribution in [0, 0.1) is 10.1 Å². The van der Waals surface area contributed by atoms with E-state index in [1.54, 1.807) is 12.1 Å². The van der Waals surface area contributed by atoms with Crippen LogP contribution in [0.25, 0.3) is 0 Å². The Bertz CT molecular complexity index is 350. The van der Waals surface area contributed by atoms with Gasteiger partial charge in [-0.05, 0) is 17.2 Å². The van der Waals surface area contributed by atoms with Crippen molar-refractivity contribution in [2.24, 2.45) is 0 Å². The molecule has 74 valence electrons. The fourth-order valence-corrected chi connectivity index (χ4v) is 0.974. The summed E-state index contributed by atoms with van der Waals surface area (Å²) in [6, 6.07) is 5.86. The highest BCUT2D eigenvalue weighted by Crippen LogP contribution is 2.11. The van der Waals surface area contributed by atoms with Crippen molar-refractivity contribution in [3.8, 4) is 0 Å². The Balaban J connectivity index is 2.64. The molecule has 1 N–H and O–H groups in total. The van der Waals surface area contributed by atoms with Gasteiger partial charge in [0.1, 0.15) is 0 Å². The lowest BCUT2D eigenvalue weighted by molar-refractivity contribution is -0.384. The molecule has 1 aromatic rings. The van der Waals surface area contributed by atoms with E-state index in [1.165, 1.54) is 12.1 Å². The van der Waals surface area contributed by atoms with Crippen LogP contribution in [0.3, 0.4) is 0 Å². The van der Waals surface area contributed by atoms with Gasteiger partial charge in [-0.3, -0.25) is 14.9 Å². The number of non-ortho nitro benzene ring substituents is 1. The number of hydrogen-bond acceptors (Lipinski definition) is 3. The van der Waals surface area contributed by atoms with Gasteiger partial charge in [0.15, 0.2) is 0 Å². The van der Waals surface area contributed by atoms with Gasteiger partial charge in [0.2, 0.25) is 0 Å². The molecule has 0 bridgehead atoms. The second kappa shape index (κ2) is 4.57. The van der Waals surface area contributed by atoms with Crippen LogP contribution in [0.1, 0.15) is 5.56 Å². The van der Waals surface area contributed by atoms with Crippen LogP contribution in [-0.2, 0) is 6.54 Å². The second-order valence-corrected chi connectivity index (χ2v) is 2.89. The molecule has 0 atom stereocenters. The quantitative estimate of drug-likeness (QED) is 0.362. The summed E-state index contributed by atoms with van der Waals surface area (Å²) in [6.45, 7) is 0.264. The maximum absolute atomic E-state index is 10.3. The SMILES string of the molecule is O=C(Cl)NCc1ccc([N+](=O)[O-])cc1. The number of benzene rings is 1. The van der Waals surface area contributed by atoms with Crippen molar-refractivity contribution in [1.29, 1.82) is 0 Å². The number of hydrogen-bond donors (Lipinski definition) is 1. The molecule has 6 heteroatoms. The molecule has 0 heterocycles. The number of carbonyl (C=O) groups is 1. The molecule has 0 saturated heterocycles. The van der Waals surface area contributed by atoms with Gasteiger partial charge in [0, 0.05) is 18.7 Å². The van der Waals surface area contributed by atoms with Gasteiger partial charge >= 0.3 is 5.37 Å². The van der Waals surface area contributed by atoms with Gasteiger partial charge in [-0.25, -0.2) is 0 Å². The zero-order valence-electron chi connectivity index (χ0n) is 7.07. The molecule has 0 radical (unpaired) electrons. The van der Waals surface area contributed by atoms with E-state index in [0.29, 0.717) is 0 Å². The normalized spacial score (nSPS) is 9.50. The van der Waals surface area contributed by atoms with Gasteiger partial charge in [-0.1, -0.05) is 12.1 Å². The van der Waals surface area contributed by atoms with E-state index in [-0.39, 0.29) is 12.2 Å². The third-order valence-electron chi connectivity index (χ3n) is 1.58. The lowest BCUT2D eigenvalue weighted by atomic mass is 10.2. The van der Waals surface area contributed by atoms with Crippen LogP contribution in [0.2, 0.25) is 0 Å². The molecule has 0 aliphatic carbocycles. The molecule has 0 unspecified atom stereocenters. The molecule has 1 rings (SSSR count). The third-order valence-corrected chi connectivity index (χ3v) is 1.71. The molecule has 1 aromatic carbocycles. The largest absolute Gasteiger partial charge is 0.339 e. The van der Waals surface area contributed by atoms with E-state index < -0.39 is 10.3 Å². The first-order valence-electron chi connectivity index (χ1n) is 3.76. The average molecular weight is 215 g/mol. The smallest absolute Gasteiger partial charge is 0.314 e. The van der Waals surface area contributed by atoms with Crippen molar-refractivity contribution < 1.29 is 9.72 Å². The van der Waals surface area contributed by atoms with Crippen molar-refractivity contribution >= 4 is 22.7 Å². The summed E-state index contributed by atoms with van der Waals surface area (Å²) in [7, 11) is 0. The molecule has 0 aromatic heterocycles. The maximum atomic E-state index is 10.3. The van der Waals surface area contributed by atoms with Gasteiger partial charge in [0.25, 0.3) is 5.69 Å². The monoisotopic (exact) mass is 214 g/mol. The number of nitro groups is 1. The lowest BCUT2D eigenvalue weighted by Crippen LogP contribution is -2.15. The highest BCUT2D eigenvalue weighted by atomic mass is 35.5. The summed E-state index contributed by atoms with van der Waals surface area (Å²) in [5, 5.41) is 12.0. The number of nitrogens with zero attached hydrogens (tertiary/aromatic N) is 1. The minimum Gasteiger partial charge on any atom is -0.339 e. The van der Waals surface area contributed by atoms with E-state index in [1.807, 2.05) is 0 Å². The zero-order chi connectivity index (χ0) is 10.6. The number of halogens is 1. The van der Waals surface area contributed by atoms with Crippen molar-refractivity contribution in [2.75, 3.05) is 0 Å². The highest BCUT2D eigenvalue weighted by molar-refractivity contribution is 6.62. The Labute approximate surface area is 84.8 Å². The Morgan fingerprint density at radius 2 is 2.00 bits per heavy atom. The van der Waals surface area contributed by atoms with E-state index in [4.69, 9.17) is 11.6 Å². The van der Waals surface area contributed by atoms with E-state index >= 15 is 0 Å². The number of nitrogens with one attached hydrogen (secondary N) is 1. The van der Waals surface area contributed by atoms with E-state index in [2.05, 4.69) is 5.32 Å². The Hall–Kier alpha value is -1.62. The Morgan fingerprint density at radius 1 is 1.43 bits per heavy atom. The standard InChI is InChI=1S/C8H7ClN2O3/c9-8(12)10-5-6-1-3-7(4-2-6)11(13)14/h1-4H,5H2,(H,10,12). The van der Waals surface area contributed by atoms with Crippen molar-refractivity contribution in [3.05, 3.63) is 39.9 Å². The van der Waals surface area contributed by atoms with Crippen LogP contribution in [0.5, 0.6) is 0 Å². The van der Waals surface area contributed by atoms with Crippen LogP contribution in [0.15, 0.2) is 24.3 Å². The molecule has 0 spiro atoms. The second-order valence-electron chi connectivity index (χ2n) is 2.55. The van der Waals surface area contributed by atoms with Crippen molar-refractivity contribution in [3.63, 3.8) is 0 Å². The van der Waals surface area contributed by atoms with Crippen LogP contribution in [-0.4, -0.2) is 10.3 Å². The number of amides is 1. The minimum atomic E-state index is -0.650. The molecular formula is C8H7ClN2O3. The summed E-state index contributed by atoms with van der Waals surface area (Å²) in [5.41, 5.74) is 0.774. The molecular weight excluding hydrogens is 208 g/mol. The maximum Gasteiger partial charge on any atom is 0.314 e. The fourth-order valence-electron chi connectivity index (χ4n) is 0.907. The van der Waals surface area contributed by atoms with E-state index in [9.17, 15) is 14.9 Å². The molecule has 5 nitrogen and oxygen atoms in total. The fraction of sp³-hybridized carbons (Fsp3) is 0.125. The van der Waals surface area contributed by atoms with Crippen LogP contribution in [0.4, 0.5) is 10.5 Å². The molecule has 0 fully saturated rings. The van der Waals surface area contributed by atoms with Gasteiger partial charge in [0.05, 0.1) is 4.92 Å². The Kier molecular flexibility index (Phi) is 3.41. The average Bonchev–Trinajstić information content (AvgIpc) is 2.15. The first kappa shape index (κ1) is 10.5. The van der Waals surface area contributed by atoms with Crippen molar-refractivity contribution in [2.45, 2.75) is 6.54 Å². The summed E-state index contributed by atoms with van der Waals surface area (Å²) < 4.78 is 0. The predicted octanol–water partition coefficient (Wildman–Crippen LogP) is 2.04. The van der Waals surface area contributed by atoms with Crippen molar-refractivity contribution in [1.82, 2.24) is 5.32 Å². The number of nitro benzene ring substituents is 1. The van der Waals surface area contributed by atoms with Gasteiger partial charge < -0.3 is 5.32 Å². The predicted molar refractivity (Wildman–Crippen MR) is 51.2 cm³/mol. The minimum absolute atomic E-state index is 0.0194. The number of rotatable bonds is 3. The Morgan fingerprint density at radius 3 is 2.43 bits per heavy atom. The highest BCUT2D eigenvalue weighted by Gasteiger charge is 2.03. The first-order chi connectivity index (χ1) is 6.59. The van der Waals surface area contributed by atoms with Crippen LogP contribution < -0.4 is 5.32 Å².